The fraction of sp³-hybridized carbons (Fsp3) is 0.417. The molecule has 1 nitrogen and oxygen atoms in total. The first kappa shape index (κ1) is 10.1. The largest absolute Gasteiger partial charge is 0.383 e. The van der Waals surface area contributed by atoms with Gasteiger partial charge in [0.05, 0.1) is 0 Å². The molecule has 71 valence electrons. The molecule has 0 spiro atoms. The second kappa shape index (κ2) is 5.63. The molecule has 1 N–H and O–H groups in total. The van der Waals surface area contributed by atoms with Crippen LogP contribution >= 0.6 is 0 Å². The molecular formula is C12H18N. The Hall–Kier alpha value is -0.980. The number of hydrogen-bond donors (Lipinski definition) is 1. The summed E-state index contributed by atoms with van der Waals surface area (Å²) >= 11 is 0. The molecule has 1 radical (unpaired) electrons. The lowest BCUT2D eigenvalue weighted by Gasteiger charge is -2.14. The molecular weight excluding hydrogens is 158 g/mol. The van der Waals surface area contributed by atoms with Gasteiger partial charge in [0.15, 0.2) is 0 Å². The van der Waals surface area contributed by atoms with E-state index in [-0.39, 0.29) is 0 Å². The molecule has 0 fully saturated rings. The van der Waals surface area contributed by atoms with Crippen LogP contribution in [0.2, 0.25) is 0 Å². The van der Waals surface area contributed by atoms with Crippen LogP contribution in [-0.2, 0) is 0 Å². The number of hydrogen-bond acceptors (Lipinski definition) is 1. The van der Waals surface area contributed by atoms with E-state index >= 15 is 0 Å². The van der Waals surface area contributed by atoms with Crippen molar-refractivity contribution in [2.75, 3.05) is 5.32 Å². The maximum Gasteiger partial charge on any atom is 0.0342 e. The van der Waals surface area contributed by atoms with Crippen molar-refractivity contribution in [1.82, 2.24) is 0 Å². The number of nitrogens with one attached hydrogen (secondary N) is 1. The van der Waals surface area contributed by atoms with E-state index in [4.69, 9.17) is 0 Å². The van der Waals surface area contributed by atoms with Crippen LogP contribution in [0.1, 0.15) is 26.7 Å². The second-order valence-electron chi connectivity index (χ2n) is 3.40. The van der Waals surface area contributed by atoms with E-state index in [1.54, 1.807) is 0 Å². The minimum absolute atomic E-state index is 0.554. The molecule has 1 rings (SSSR count). The average molecular weight is 176 g/mol. The van der Waals surface area contributed by atoms with Gasteiger partial charge in [-0.25, -0.2) is 0 Å². The van der Waals surface area contributed by atoms with Gasteiger partial charge < -0.3 is 5.32 Å². The van der Waals surface area contributed by atoms with Gasteiger partial charge in [0.1, 0.15) is 0 Å². The molecule has 1 atom stereocenters. The van der Waals surface area contributed by atoms with E-state index in [0.29, 0.717) is 6.04 Å². The zero-order valence-corrected chi connectivity index (χ0v) is 8.46. The monoisotopic (exact) mass is 176 g/mol. The van der Waals surface area contributed by atoms with Crippen LogP contribution in [0.3, 0.4) is 0 Å². The molecule has 13 heavy (non-hydrogen) atoms. The highest BCUT2D eigenvalue weighted by Gasteiger charge is 1.99. The molecule has 1 aromatic carbocycles. The van der Waals surface area contributed by atoms with Crippen LogP contribution in [0.4, 0.5) is 5.69 Å². The highest BCUT2D eigenvalue weighted by Crippen LogP contribution is 2.09. The number of benzene rings is 1. The summed E-state index contributed by atoms with van der Waals surface area (Å²) in [6.07, 6.45) is 4.59. The average Bonchev–Trinajstić information content (AvgIpc) is 2.16. The van der Waals surface area contributed by atoms with Crippen molar-refractivity contribution >= 4 is 5.69 Å². The van der Waals surface area contributed by atoms with Crippen molar-refractivity contribution < 1.29 is 0 Å². The Kier molecular flexibility index (Phi) is 4.37. The fourth-order valence-corrected chi connectivity index (χ4v) is 1.31. The molecule has 1 aromatic rings. The third-order valence-electron chi connectivity index (χ3n) is 2.08. The molecule has 0 heterocycles. The number of rotatable bonds is 5. The molecule has 0 saturated heterocycles. The predicted octanol–water partition coefficient (Wildman–Crippen LogP) is 3.49. The number of unbranched alkanes of at least 4 members (excludes halogenated alkanes) is 1. The molecule has 0 bridgehead atoms. The van der Waals surface area contributed by atoms with Crippen LogP contribution in [0.15, 0.2) is 30.3 Å². The second-order valence-corrected chi connectivity index (χ2v) is 3.40. The summed E-state index contributed by atoms with van der Waals surface area (Å²) in [7, 11) is 0. The van der Waals surface area contributed by atoms with Crippen LogP contribution in [0.25, 0.3) is 0 Å². The van der Waals surface area contributed by atoms with Crippen molar-refractivity contribution in [2.45, 2.75) is 32.7 Å². The summed E-state index contributed by atoms with van der Waals surface area (Å²) < 4.78 is 0. The van der Waals surface area contributed by atoms with Crippen LogP contribution in [-0.4, -0.2) is 6.04 Å². The van der Waals surface area contributed by atoms with Gasteiger partial charge >= 0.3 is 0 Å². The molecule has 1 unspecified atom stereocenters. The summed E-state index contributed by atoms with van der Waals surface area (Å²) in [5.41, 5.74) is 1.21. The van der Waals surface area contributed by atoms with Crippen molar-refractivity contribution in [2.24, 2.45) is 0 Å². The molecule has 0 saturated carbocycles. The lowest BCUT2D eigenvalue weighted by atomic mass is 10.1. The molecule has 0 aromatic heterocycles. The predicted molar refractivity (Wildman–Crippen MR) is 58.7 cm³/mol. The zero-order valence-electron chi connectivity index (χ0n) is 8.46. The van der Waals surface area contributed by atoms with Gasteiger partial charge in [-0.05, 0) is 38.3 Å². The van der Waals surface area contributed by atoms with E-state index in [9.17, 15) is 0 Å². The fourth-order valence-electron chi connectivity index (χ4n) is 1.31. The van der Waals surface area contributed by atoms with Gasteiger partial charge in [-0.1, -0.05) is 25.1 Å². The quantitative estimate of drug-likeness (QED) is 0.724. The smallest absolute Gasteiger partial charge is 0.0342 e. The molecule has 0 aliphatic carbocycles. The summed E-state index contributed by atoms with van der Waals surface area (Å²) in [6.45, 7) is 4.33. The first-order valence-electron chi connectivity index (χ1n) is 4.92. The Morgan fingerprint density at radius 2 is 2.00 bits per heavy atom. The zero-order chi connectivity index (χ0) is 9.52. The third kappa shape index (κ3) is 3.97. The first-order valence-corrected chi connectivity index (χ1v) is 4.92. The minimum atomic E-state index is 0.554. The van der Waals surface area contributed by atoms with Gasteiger partial charge in [-0.2, -0.15) is 0 Å². The Bertz CT molecular complexity index is 218. The highest BCUT2D eigenvalue weighted by molar-refractivity contribution is 5.43. The Morgan fingerprint density at radius 3 is 2.62 bits per heavy atom. The van der Waals surface area contributed by atoms with Crippen molar-refractivity contribution in [3.05, 3.63) is 36.8 Å². The Morgan fingerprint density at radius 1 is 1.31 bits per heavy atom. The normalized spacial score (nSPS) is 12.5. The van der Waals surface area contributed by atoms with Crippen molar-refractivity contribution in [3.63, 3.8) is 0 Å². The maximum atomic E-state index is 3.46. The Balaban J connectivity index is 2.32. The van der Waals surface area contributed by atoms with Crippen LogP contribution < -0.4 is 5.32 Å². The summed E-state index contributed by atoms with van der Waals surface area (Å²) in [5.74, 6) is 0. The van der Waals surface area contributed by atoms with E-state index in [0.717, 1.165) is 0 Å². The van der Waals surface area contributed by atoms with Gasteiger partial charge in [0.2, 0.25) is 0 Å². The van der Waals surface area contributed by atoms with Crippen LogP contribution in [0, 0.1) is 6.42 Å². The highest BCUT2D eigenvalue weighted by atomic mass is 14.9. The maximum absolute atomic E-state index is 3.46. The SMILES string of the molecule is C[CH]CCC(C)Nc1ccccc1. The lowest BCUT2D eigenvalue weighted by molar-refractivity contribution is 0.699. The van der Waals surface area contributed by atoms with E-state index < -0.39 is 0 Å². The van der Waals surface area contributed by atoms with Crippen molar-refractivity contribution in [3.8, 4) is 0 Å². The number of anilines is 1. The van der Waals surface area contributed by atoms with E-state index in [2.05, 4.69) is 49.9 Å². The number of para-hydroxylation sites is 1. The van der Waals surface area contributed by atoms with Crippen LogP contribution in [0.5, 0.6) is 0 Å². The molecule has 0 amide bonds. The Labute approximate surface area is 81.2 Å². The molecule has 1 heteroatoms. The topological polar surface area (TPSA) is 12.0 Å². The molecule has 0 aliphatic rings. The summed E-state index contributed by atoms with van der Waals surface area (Å²) in [4.78, 5) is 0. The van der Waals surface area contributed by atoms with Gasteiger partial charge in [0, 0.05) is 11.7 Å². The van der Waals surface area contributed by atoms with Gasteiger partial charge in [-0.15, -0.1) is 0 Å². The lowest BCUT2D eigenvalue weighted by Crippen LogP contribution is -2.14. The molecule has 0 aliphatic heterocycles. The van der Waals surface area contributed by atoms with Gasteiger partial charge in [0.25, 0.3) is 0 Å². The van der Waals surface area contributed by atoms with E-state index in [1.807, 2.05) is 6.07 Å². The van der Waals surface area contributed by atoms with E-state index in [1.165, 1.54) is 18.5 Å². The van der Waals surface area contributed by atoms with Crippen molar-refractivity contribution in [1.29, 1.82) is 0 Å². The third-order valence-corrected chi connectivity index (χ3v) is 2.08. The summed E-state index contributed by atoms with van der Waals surface area (Å²) in [6, 6.07) is 10.9. The minimum Gasteiger partial charge on any atom is -0.383 e. The van der Waals surface area contributed by atoms with Gasteiger partial charge in [-0.3, -0.25) is 0 Å². The summed E-state index contributed by atoms with van der Waals surface area (Å²) in [5, 5.41) is 3.46. The first-order chi connectivity index (χ1) is 6.33. The standard InChI is InChI=1S/C12H18N/c1-3-4-8-11(2)13-12-9-6-5-7-10-12/h3,5-7,9-11,13H,4,8H2,1-2H3.